The molecule has 32 heavy (non-hydrogen) atoms. The van der Waals surface area contributed by atoms with Gasteiger partial charge in [-0.3, -0.25) is 9.10 Å². The molecule has 0 unspecified atom stereocenters. The molecule has 0 fully saturated rings. The van der Waals surface area contributed by atoms with Crippen LogP contribution in [0.25, 0.3) is 0 Å². The van der Waals surface area contributed by atoms with Crippen LogP contribution in [-0.4, -0.2) is 47.4 Å². The number of carbonyl (C=O) groups is 1. The largest absolute Gasteiger partial charge is 0.495 e. The number of sulfonamides is 1. The van der Waals surface area contributed by atoms with Gasteiger partial charge >= 0.3 is 0 Å². The lowest BCUT2D eigenvalue weighted by atomic mass is 10.1. The van der Waals surface area contributed by atoms with Gasteiger partial charge in [0.1, 0.15) is 11.5 Å². The summed E-state index contributed by atoms with van der Waals surface area (Å²) in [6.07, 6.45) is 4.38. The summed E-state index contributed by atoms with van der Waals surface area (Å²) in [6, 6.07) is 14.9. The van der Waals surface area contributed by atoms with Gasteiger partial charge in [0.05, 0.1) is 25.7 Å². The van der Waals surface area contributed by atoms with Crippen LogP contribution in [0.2, 0.25) is 0 Å². The third kappa shape index (κ3) is 8.07. The lowest BCUT2D eigenvalue weighted by molar-refractivity contribution is -0.121. The first-order valence-electron chi connectivity index (χ1n) is 10.9. The minimum absolute atomic E-state index is 0.0889. The number of para-hydroxylation sites is 3. The average Bonchev–Trinajstić information content (AvgIpc) is 2.78. The van der Waals surface area contributed by atoms with Gasteiger partial charge in [-0.25, -0.2) is 8.42 Å². The summed E-state index contributed by atoms with van der Waals surface area (Å²) in [4.78, 5) is 12.2. The van der Waals surface area contributed by atoms with Crippen molar-refractivity contribution in [1.82, 2.24) is 5.32 Å². The molecule has 1 amide bonds. The third-order valence-electron chi connectivity index (χ3n) is 4.90. The second kappa shape index (κ2) is 13.0. The van der Waals surface area contributed by atoms with Gasteiger partial charge in [-0.05, 0) is 49.4 Å². The second-order valence-corrected chi connectivity index (χ2v) is 9.43. The Hall–Kier alpha value is -2.74. The number of hydrogen-bond acceptors (Lipinski definition) is 5. The van der Waals surface area contributed by atoms with E-state index in [0.717, 1.165) is 36.8 Å². The fourth-order valence-corrected chi connectivity index (χ4v) is 4.31. The van der Waals surface area contributed by atoms with E-state index in [0.29, 0.717) is 31.0 Å². The summed E-state index contributed by atoms with van der Waals surface area (Å²) in [6.45, 7) is 3.52. The van der Waals surface area contributed by atoms with E-state index in [2.05, 4.69) is 12.2 Å². The number of ether oxygens (including phenoxy) is 2. The zero-order valence-corrected chi connectivity index (χ0v) is 20.0. The van der Waals surface area contributed by atoms with Gasteiger partial charge < -0.3 is 14.8 Å². The van der Waals surface area contributed by atoms with Crippen molar-refractivity contribution in [3.8, 4) is 11.5 Å². The van der Waals surface area contributed by atoms with Crippen molar-refractivity contribution in [2.45, 2.75) is 39.0 Å². The van der Waals surface area contributed by atoms with Crippen LogP contribution < -0.4 is 19.1 Å². The standard InChI is InChI=1S/C24H34N2O5S/c1-4-19-31-22-14-7-5-11-20(22)12-9-17-25-24(27)16-10-18-26(32(3,28)29)21-13-6-8-15-23(21)30-2/h5-8,11,13-15H,4,9-10,12,16-19H2,1-3H3,(H,25,27). The summed E-state index contributed by atoms with van der Waals surface area (Å²) in [5.41, 5.74) is 1.61. The Morgan fingerprint density at radius 2 is 1.72 bits per heavy atom. The van der Waals surface area contributed by atoms with Crippen molar-refractivity contribution >= 4 is 21.6 Å². The number of hydrogen-bond donors (Lipinski definition) is 1. The number of amides is 1. The van der Waals surface area contributed by atoms with Crippen LogP contribution in [0.1, 0.15) is 38.2 Å². The first-order valence-corrected chi connectivity index (χ1v) is 12.8. The molecular formula is C24H34N2O5S. The molecule has 2 aromatic rings. The van der Waals surface area contributed by atoms with Crippen LogP contribution >= 0.6 is 0 Å². The summed E-state index contributed by atoms with van der Waals surface area (Å²) in [7, 11) is -2.00. The van der Waals surface area contributed by atoms with E-state index in [9.17, 15) is 13.2 Å². The average molecular weight is 463 g/mol. The highest BCUT2D eigenvalue weighted by atomic mass is 32.2. The monoisotopic (exact) mass is 462 g/mol. The molecule has 8 heteroatoms. The Kier molecular flexibility index (Phi) is 10.3. The fraction of sp³-hybridized carbons (Fsp3) is 0.458. The van der Waals surface area contributed by atoms with E-state index in [4.69, 9.17) is 9.47 Å². The molecule has 2 aromatic carbocycles. The zero-order valence-electron chi connectivity index (χ0n) is 19.2. The molecule has 0 radical (unpaired) electrons. The van der Waals surface area contributed by atoms with Crippen molar-refractivity contribution in [1.29, 1.82) is 0 Å². The molecule has 0 saturated heterocycles. The smallest absolute Gasteiger partial charge is 0.232 e. The lowest BCUT2D eigenvalue weighted by Gasteiger charge is -2.24. The fourth-order valence-electron chi connectivity index (χ4n) is 3.34. The number of benzene rings is 2. The van der Waals surface area contributed by atoms with Crippen molar-refractivity contribution in [3.63, 3.8) is 0 Å². The highest BCUT2D eigenvalue weighted by Gasteiger charge is 2.20. The normalized spacial score (nSPS) is 11.1. The van der Waals surface area contributed by atoms with E-state index in [-0.39, 0.29) is 18.9 Å². The molecule has 7 nitrogen and oxygen atoms in total. The van der Waals surface area contributed by atoms with Crippen molar-refractivity contribution < 1.29 is 22.7 Å². The van der Waals surface area contributed by atoms with E-state index < -0.39 is 10.0 Å². The number of methoxy groups -OCH3 is 1. The second-order valence-electron chi connectivity index (χ2n) is 7.52. The predicted octanol–water partition coefficient (Wildman–Crippen LogP) is 3.78. The molecule has 1 N–H and O–H groups in total. The number of nitrogens with one attached hydrogen (secondary N) is 1. The molecule has 0 saturated carbocycles. The molecule has 0 aromatic heterocycles. The van der Waals surface area contributed by atoms with Crippen LogP contribution in [0.5, 0.6) is 11.5 Å². The van der Waals surface area contributed by atoms with Gasteiger partial charge in [-0.15, -0.1) is 0 Å². The summed E-state index contributed by atoms with van der Waals surface area (Å²) in [5, 5.41) is 2.92. The maximum absolute atomic E-state index is 12.3. The summed E-state index contributed by atoms with van der Waals surface area (Å²) >= 11 is 0. The molecule has 2 rings (SSSR count). The number of rotatable bonds is 14. The number of aryl methyl sites for hydroxylation is 1. The molecule has 0 aliphatic heterocycles. The minimum Gasteiger partial charge on any atom is -0.495 e. The molecule has 176 valence electrons. The zero-order chi connectivity index (χ0) is 23.4. The van der Waals surface area contributed by atoms with Gasteiger partial charge in [0.25, 0.3) is 0 Å². The molecule has 0 aliphatic rings. The van der Waals surface area contributed by atoms with Gasteiger partial charge in [0.15, 0.2) is 0 Å². The van der Waals surface area contributed by atoms with Crippen LogP contribution in [0.4, 0.5) is 5.69 Å². The van der Waals surface area contributed by atoms with E-state index in [1.165, 1.54) is 11.4 Å². The van der Waals surface area contributed by atoms with Crippen LogP contribution in [-0.2, 0) is 21.2 Å². The Morgan fingerprint density at radius 1 is 1.03 bits per heavy atom. The molecule has 0 bridgehead atoms. The topological polar surface area (TPSA) is 84.9 Å². The number of anilines is 1. The van der Waals surface area contributed by atoms with Gasteiger partial charge in [-0.1, -0.05) is 37.3 Å². The Labute approximate surface area is 191 Å². The molecule has 0 atom stereocenters. The van der Waals surface area contributed by atoms with Crippen molar-refractivity contribution in [2.24, 2.45) is 0 Å². The Bertz CT molecular complexity index is 962. The van der Waals surface area contributed by atoms with Crippen LogP contribution in [0.3, 0.4) is 0 Å². The van der Waals surface area contributed by atoms with E-state index >= 15 is 0 Å². The molecule has 0 aliphatic carbocycles. The molecular weight excluding hydrogens is 428 g/mol. The molecule has 0 heterocycles. The lowest BCUT2D eigenvalue weighted by Crippen LogP contribution is -2.32. The van der Waals surface area contributed by atoms with Crippen LogP contribution in [0.15, 0.2) is 48.5 Å². The molecule has 0 spiro atoms. The van der Waals surface area contributed by atoms with Crippen molar-refractivity contribution in [2.75, 3.05) is 37.4 Å². The van der Waals surface area contributed by atoms with Gasteiger partial charge in [-0.2, -0.15) is 0 Å². The first kappa shape index (κ1) is 25.5. The quantitative estimate of drug-likeness (QED) is 0.432. The Morgan fingerprint density at radius 3 is 2.41 bits per heavy atom. The van der Waals surface area contributed by atoms with E-state index in [1.807, 2.05) is 24.3 Å². The van der Waals surface area contributed by atoms with Gasteiger partial charge in [0, 0.05) is 19.5 Å². The maximum atomic E-state index is 12.3. The number of carbonyl (C=O) groups excluding carboxylic acids is 1. The summed E-state index contributed by atoms with van der Waals surface area (Å²) < 4.78 is 36.9. The Balaban J connectivity index is 1.79. The number of nitrogens with zero attached hydrogens (tertiary/aromatic N) is 1. The van der Waals surface area contributed by atoms with Gasteiger partial charge in [0.2, 0.25) is 15.9 Å². The first-order chi connectivity index (χ1) is 15.4. The predicted molar refractivity (Wildman–Crippen MR) is 128 cm³/mol. The third-order valence-corrected chi connectivity index (χ3v) is 6.08. The SMILES string of the molecule is CCCOc1ccccc1CCCNC(=O)CCCN(c1ccccc1OC)S(C)(=O)=O. The summed E-state index contributed by atoms with van der Waals surface area (Å²) in [5.74, 6) is 1.29. The van der Waals surface area contributed by atoms with E-state index in [1.54, 1.807) is 24.3 Å². The minimum atomic E-state index is -3.50. The highest BCUT2D eigenvalue weighted by Crippen LogP contribution is 2.29. The van der Waals surface area contributed by atoms with Crippen molar-refractivity contribution in [3.05, 3.63) is 54.1 Å². The maximum Gasteiger partial charge on any atom is 0.232 e. The van der Waals surface area contributed by atoms with Crippen LogP contribution in [0, 0.1) is 0 Å². The highest BCUT2D eigenvalue weighted by molar-refractivity contribution is 7.92.